The molecular formula is C15H21N3. The van der Waals surface area contributed by atoms with Gasteiger partial charge in [-0.05, 0) is 23.5 Å². The third-order valence-electron chi connectivity index (χ3n) is 3.32. The number of hydrogen-bond donors (Lipinski definition) is 1. The molecule has 3 heteroatoms. The predicted molar refractivity (Wildman–Crippen MR) is 75.2 cm³/mol. The van der Waals surface area contributed by atoms with Crippen LogP contribution < -0.4 is 5.73 Å². The van der Waals surface area contributed by atoms with Gasteiger partial charge in [0.1, 0.15) is 0 Å². The van der Waals surface area contributed by atoms with E-state index in [2.05, 4.69) is 43.2 Å². The summed E-state index contributed by atoms with van der Waals surface area (Å²) in [5.74, 6) is 0.517. The van der Waals surface area contributed by atoms with Crippen LogP contribution in [0.5, 0.6) is 0 Å². The third kappa shape index (κ3) is 2.99. The van der Waals surface area contributed by atoms with Crippen LogP contribution in [0.25, 0.3) is 11.1 Å². The first-order valence-corrected chi connectivity index (χ1v) is 6.40. The lowest BCUT2D eigenvalue weighted by molar-refractivity contribution is 0.490. The van der Waals surface area contributed by atoms with E-state index in [1.54, 1.807) is 0 Å². The zero-order chi connectivity index (χ0) is 13.1. The predicted octanol–water partition coefficient (Wildman–Crippen LogP) is 2.61. The SMILES string of the molecule is CC(C)C(N)Cc1ccc(-c2cnn(C)c2)cc1. The largest absolute Gasteiger partial charge is 0.327 e. The van der Waals surface area contributed by atoms with Crippen molar-refractivity contribution in [3.63, 3.8) is 0 Å². The average molecular weight is 243 g/mol. The van der Waals surface area contributed by atoms with Gasteiger partial charge in [-0.2, -0.15) is 5.10 Å². The summed E-state index contributed by atoms with van der Waals surface area (Å²) in [7, 11) is 1.93. The highest BCUT2D eigenvalue weighted by atomic mass is 15.2. The molecule has 0 aliphatic rings. The topological polar surface area (TPSA) is 43.8 Å². The van der Waals surface area contributed by atoms with Crippen molar-refractivity contribution >= 4 is 0 Å². The number of rotatable bonds is 4. The fraction of sp³-hybridized carbons (Fsp3) is 0.400. The molecule has 0 saturated heterocycles. The number of nitrogens with two attached hydrogens (primary N) is 1. The van der Waals surface area contributed by atoms with Crippen LogP contribution in [0.3, 0.4) is 0 Å². The molecule has 0 spiro atoms. The van der Waals surface area contributed by atoms with E-state index in [0.717, 1.165) is 12.0 Å². The monoisotopic (exact) mass is 243 g/mol. The number of hydrogen-bond acceptors (Lipinski definition) is 2. The van der Waals surface area contributed by atoms with Gasteiger partial charge < -0.3 is 5.73 Å². The maximum atomic E-state index is 6.09. The summed E-state index contributed by atoms with van der Waals surface area (Å²) >= 11 is 0. The first-order valence-electron chi connectivity index (χ1n) is 6.40. The maximum absolute atomic E-state index is 6.09. The van der Waals surface area contributed by atoms with Gasteiger partial charge in [-0.25, -0.2) is 0 Å². The molecule has 1 aromatic carbocycles. The highest BCUT2D eigenvalue weighted by Crippen LogP contribution is 2.19. The van der Waals surface area contributed by atoms with Crippen LogP contribution in [0.2, 0.25) is 0 Å². The number of aromatic nitrogens is 2. The molecule has 0 bridgehead atoms. The smallest absolute Gasteiger partial charge is 0.0568 e. The molecule has 1 atom stereocenters. The third-order valence-corrected chi connectivity index (χ3v) is 3.32. The Bertz CT molecular complexity index is 497. The Morgan fingerprint density at radius 3 is 2.33 bits per heavy atom. The second-order valence-electron chi connectivity index (χ2n) is 5.21. The lowest BCUT2D eigenvalue weighted by Crippen LogP contribution is -2.28. The molecule has 0 aliphatic carbocycles. The van der Waals surface area contributed by atoms with E-state index in [1.807, 2.05) is 24.1 Å². The highest BCUT2D eigenvalue weighted by Gasteiger charge is 2.08. The fourth-order valence-corrected chi connectivity index (χ4v) is 1.91. The first kappa shape index (κ1) is 12.8. The summed E-state index contributed by atoms with van der Waals surface area (Å²) in [4.78, 5) is 0. The molecule has 2 aromatic rings. The van der Waals surface area contributed by atoms with Crippen LogP contribution in [0.4, 0.5) is 0 Å². The van der Waals surface area contributed by atoms with Gasteiger partial charge in [0.2, 0.25) is 0 Å². The summed E-state index contributed by atoms with van der Waals surface area (Å²) in [6.07, 6.45) is 4.84. The minimum atomic E-state index is 0.231. The molecule has 1 heterocycles. The van der Waals surface area contributed by atoms with Crippen LogP contribution in [0.15, 0.2) is 36.7 Å². The molecule has 0 amide bonds. The van der Waals surface area contributed by atoms with E-state index >= 15 is 0 Å². The zero-order valence-corrected chi connectivity index (χ0v) is 11.3. The summed E-state index contributed by atoms with van der Waals surface area (Å²) < 4.78 is 1.82. The van der Waals surface area contributed by atoms with Crippen molar-refractivity contribution in [1.82, 2.24) is 9.78 Å². The van der Waals surface area contributed by atoms with E-state index in [1.165, 1.54) is 11.1 Å². The van der Waals surface area contributed by atoms with Crippen molar-refractivity contribution in [2.75, 3.05) is 0 Å². The Morgan fingerprint density at radius 2 is 1.83 bits per heavy atom. The van der Waals surface area contributed by atoms with Crippen LogP contribution in [-0.4, -0.2) is 15.8 Å². The Labute approximate surface area is 109 Å². The van der Waals surface area contributed by atoms with E-state index < -0.39 is 0 Å². The molecule has 1 aromatic heterocycles. The first-order chi connectivity index (χ1) is 8.56. The van der Waals surface area contributed by atoms with Crippen molar-refractivity contribution in [3.8, 4) is 11.1 Å². The summed E-state index contributed by atoms with van der Waals surface area (Å²) in [5, 5.41) is 4.18. The Morgan fingerprint density at radius 1 is 1.17 bits per heavy atom. The second-order valence-corrected chi connectivity index (χ2v) is 5.21. The van der Waals surface area contributed by atoms with Gasteiger partial charge in [0.05, 0.1) is 6.20 Å². The van der Waals surface area contributed by atoms with Gasteiger partial charge in [0.25, 0.3) is 0 Å². The Hall–Kier alpha value is -1.61. The van der Waals surface area contributed by atoms with E-state index in [0.29, 0.717) is 5.92 Å². The van der Waals surface area contributed by atoms with Gasteiger partial charge in [0.15, 0.2) is 0 Å². The van der Waals surface area contributed by atoms with Gasteiger partial charge in [-0.1, -0.05) is 38.1 Å². The molecule has 2 N–H and O–H groups in total. The molecule has 0 aliphatic heterocycles. The molecule has 0 saturated carbocycles. The van der Waals surface area contributed by atoms with Gasteiger partial charge >= 0.3 is 0 Å². The standard InChI is InChI=1S/C15H21N3/c1-11(2)15(16)8-12-4-6-13(7-5-12)14-9-17-18(3)10-14/h4-7,9-11,15H,8,16H2,1-3H3. The van der Waals surface area contributed by atoms with Crippen LogP contribution in [0, 0.1) is 5.92 Å². The lowest BCUT2D eigenvalue weighted by atomic mass is 9.96. The zero-order valence-electron chi connectivity index (χ0n) is 11.3. The average Bonchev–Trinajstić information content (AvgIpc) is 2.76. The summed E-state index contributed by atoms with van der Waals surface area (Å²) in [5.41, 5.74) is 9.73. The molecule has 0 fully saturated rings. The van der Waals surface area contributed by atoms with Gasteiger partial charge in [-0.15, -0.1) is 0 Å². The molecule has 2 rings (SSSR count). The summed E-state index contributed by atoms with van der Waals surface area (Å²) in [6.45, 7) is 4.32. The number of benzene rings is 1. The molecular weight excluding hydrogens is 222 g/mol. The molecule has 0 radical (unpaired) electrons. The van der Waals surface area contributed by atoms with Gasteiger partial charge in [0, 0.05) is 24.8 Å². The van der Waals surface area contributed by atoms with Crippen LogP contribution >= 0.6 is 0 Å². The quantitative estimate of drug-likeness (QED) is 0.897. The van der Waals surface area contributed by atoms with Crippen molar-refractivity contribution < 1.29 is 0 Å². The van der Waals surface area contributed by atoms with Crippen molar-refractivity contribution in [1.29, 1.82) is 0 Å². The minimum absolute atomic E-state index is 0.231. The molecule has 18 heavy (non-hydrogen) atoms. The second kappa shape index (κ2) is 5.36. The normalized spacial score (nSPS) is 12.9. The van der Waals surface area contributed by atoms with Crippen molar-refractivity contribution in [2.45, 2.75) is 26.3 Å². The van der Waals surface area contributed by atoms with Gasteiger partial charge in [-0.3, -0.25) is 4.68 Å². The van der Waals surface area contributed by atoms with Crippen molar-refractivity contribution in [2.24, 2.45) is 18.7 Å². The Balaban J connectivity index is 2.10. The molecule has 3 nitrogen and oxygen atoms in total. The summed E-state index contributed by atoms with van der Waals surface area (Å²) in [6, 6.07) is 8.82. The van der Waals surface area contributed by atoms with E-state index in [4.69, 9.17) is 5.73 Å². The highest BCUT2D eigenvalue weighted by molar-refractivity contribution is 5.61. The van der Waals surface area contributed by atoms with E-state index in [9.17, 15) is 0 Å². The van der Waals surface area contributed by atoms with Crippen molar-refractivity contribution in [3.05, 3.63) is 42.2 Å². The Kier molecular flexibility index (Phi) is 3.82. The fourth-order valence-electron chi connectivity index (χ4n) is 1.91. The van der Waals surface area contributed by atoms with Crippen LogP contribution in [-0.2, 0) is 13.5 Å². The lowest BCUT2D eigenvalue weighted by Gasteiger charge is -2.15. The van der Waals surface area contributed by atoms with Crippen LogP contribution in [0.1, 0.15) is 19.4 Å². The molecule has 1 unspecified atom stereocenters. The molecule has 96 valence electrons. The maximum Gasteiger partial charge on any atom is 0.0568 e. The minimum Gasteiger partial charge on any atom is -0.327 e. The number of aryl methyl sites for hydroxylation is 1. The van der Waals surface area contributed by atoms with E-state index in [-0.39, 0.29) is 6.04 Å². The number of nitrogens with zero attached hydrogens (tertiary/aromatic N) is 2.